The molecule has 2 aromatic rings. The summed E-state index contributed by atoms with van der Waals surface area (Å²) >= 11 is 1.55. The zero-order valence-corrected chi connectivity index (χ0v) is 13.0. The first-order valence-corrected chi connectivity index (χ1v) is 8.43. The summed E-state index contributed by atoms with van der Waals surface area (Å²) in [4.78, 5) is 11.8. The highest BCUT2D eigenvalue weighted by molar-refractivity contribution is 7.16. The van der Waals surface area contributed by atoms with E-state index < -0.39 is 0 Å². The van der Waals surface area contributed by atoms with Crippen molar-refractivity contribution in [2.45, 2.75) is 19.3 Å². The van der Waals surface area contributed by atoms with E-state index in [1.54, 1.807) is 11.3 Å². The van der Waals surface area contributed by atoms with Gasteiger partial charge in [-0.1, -0.05) is 29.5 Å². The number of hydrogen-bond acceptors (Lipinski definition) is 5. The van der Waals surface area contributed by atoms with Crippen molar-refractivity contribution in [2.75, 3.05) is 18.0 Å². The van der Waals surface area contributed by atoms with Crippen LogP contribution in [0.4, 0.5) is 5.13 Å². The van der Waals surface area contributed by atoms with Crippen molar-refractivity contribution < 1.29 is 5.11 Å². The molecule has 1 fully saturated rings. The number of benzene rings is 1. The molecule has 1 N–H and O–H groups in total. The van der Waals surface area contributed by atoms with Crippen molar-refractivity contribution in [3.05, 3.63) is 45.4 Å². The summed E-state index contributed by atoms with van der Waals surface area (Å²) in [5.41, 5.74) is 1.12. The van der Waals surface area contributed by atoms with E-state index in [2.05, 4.69) is 14.9 Å². The molecular weight excluding hydrogens is 294 g/mol. The highest BCUT2D eigenvalue weighted by atomic mass is 32.1. The van der Waals surface area contributed by atoms with E-state index in [4.69, 9.17) is 0 Å². The highest BCUT2D eigenvalue weighted by Crippen LogP contribution is 2.32. The fourth-order valence-electron chi connectivity index (χ4n) is 2.94. The summed E-state index contributed by atoms with van der Waals surface area (Å²) in [6, 6.07) is 6.08. The van der Waals surface area contributed by atoms with E-state index in [1.165, 1.54) is 19.3 Å². The molecule has 112 valence electrons. The Morgan fingerprint density at radius 3 is 2.91 bits per heavy atom. The molecular formula is C17H17N3OS. The van der Waals surface area contributed by atoms with Gasteiger partial charge in [0.1, 0.15) is 0 Å². The van der Waals surface area contributed by atoms with Crippen molar-refractivity contribution in [1.82, 2.24) is 4.98 Å². The van der Waals surface area contributed by atoms with Gasteiger partial charge in [0, 0.05) is 30.1 Å². The van der Waals surface area contributed by atoms with Crippen LogP contribution in [0.2, 0.25) is 0 Å². The van der Waals surface area contributed by atoms with E-state index in [0.717, 1.165) is 39.2 Å². The van der Waals surface area contributed by atoms with Gasteiger partial charge in [0.05, 0.1) is 10.2 Å². The maximum atomic E-state index is 10.2. The second-order valence-corrected chi connectivity index (χ2v) is 6.62. The predicted molar refractivity (Wildman–Crippen MR) is 89.7 cm³/mol. The van der Waals surface area contributed by atoms with Gasteiger partial charge in [-0.15, -0.1) is 0 Å². The molecule has 0 aliphatic carbocycles. The SMILES string of the molecule is Oc1nc(N2CCCCC2)sc1C=c1cccc2c1=NC=C2. The van der Waals surface area contributed by atoms with E-state index in [-0.39, 0.29) is 5.88 Å². The van der Waals surface area contributed by atoms with Crippen LogP contribution >= 0.6 is 11.3 Å². The monoisotopic (exact) mass is 311 g/mol. The summed E-state index contributed by atoms with van der Waals surface area (Å²) < 4.78 is 0. The Labute approximate surface area is 132 Å². The number of fused-ring (bicyclic) bond motifs is 1. The number of rotatable bonds is 2. The first kappa shape index (κ1) is 13.5. The van der Waals surface area contributed by atoms with Gasteiger partial charge < -0.3 is 10.0 Å². The molecule has 2 aliphatic heterocycles. The number of aromatic hydroxyl groups is 1. The molecule has 2 aliphatic rings. The first-order valence-electron chi connectivity index (χ1n) is 7.61. The average molecular weight is 311 g/mol. The molecule has 0 saturated carbocycles. The zero-order valence-electron chi connectivity index (χ0n) is 12.2. The van der Waals surface area contributed by atoms with Gasteiger partial charge in [-0.05, 0) is 31.4 Å². The third kappa shape index (κ3) is 2.41. The Morgan fingerprint density at radius 2 is 2.05 bits per heavy atom. The molecule has 1 aromatic heterocycles. The minimum absolute atomic E-state index is 0.120. The Kier molecular flexibility index (Phi) is 3.42. The fourth-order valence-corrected chi connectivity index (χ4v) is 3.90. The maximum absolute atomic E-state index is 10.2. The molecule has 0 spiro atoms. The van der Waals surface area contributed by atoms with Crippen LogP contribution in [0.25, 0.3) is 12.2 Å². The van der Waals surface area contributed by atoms with Gasteiger partial charge in [-0.3, -0.25) is 4.99 Å². The molecule has 0 amide bonds. The number of para-hydroxylation sites is 1. The maximum Gasteiger partial charge on any atom is 0.231 e. The van der Waals surface area contributed by atoms with Crippen LogP contribution in [0.5, 0.6) is 5.88 Å². The summed E-state index contributed by atoms with van der Waals surface area (Å²) in [5, 5.41) is 13.1. The quantitative estimate of drug-likeness (QED) is 0.925. The normalized spacial score (nSPS) is 17.6. The average Bonchev–Trinajstić information content (AvgIpc) is 3.16. The number of anilines is 1. The number of nitrogens with zero attached hydrogens (tertiary/aromatic N) is 3. The minimum atomic E-state index is 0.120. The molecule has 3 heterocycles. The van der Waals surface area contributed by atoms with Crippen molar-refractivity contribution in [1.29, 1.82) is 0 Å². The third-order valence-electron chi connectivity index (χ3n) is 4.09. The second kappa shape index (κ2) is 5.57. The summed E-state index contributed by atoms with van der Waals surface area (Å²) in [5.74, 6) is 0.120. The van der Waals surface area contributed by atoms with Crippen LogP contribution < -0.4 is 15.5 Å². The number of piperidine rings is 1. The highest BCUT2D eigenvalue weighted by Gasteiger charge is 2.17. The molecule has 4 nitrogen and oxygen atoms in total. The van der Waals surface area contributed by atoms with Crippen LogP contribution in [0.1, 0.15) is 29.7 Å². The van der Waals surface area contributed by atoms with Crippen LogP contribution in [0, 0.1) is 0 Å². The molecule has 0 atom stereocenters. The summed E-state index contributed by atoms with van der Waals surface area (Å²) in [6.45, 7) is 2.07. The van der Waals surface area contributed by atoms with Crippen LogP contribution in [-0.4, -0.2) is 23.2 Å². The molecule has 1 saturated heterocycles. The first-order chi connectivity index (χ1) is 10.8. The topological polar surface area (TPSA) is 48.7 Å². The molecule has 22 heavy (non-hydrogen) atoms. The second-order valence-electron chi connectivity index (χ2n) is 5.61. The van der Waals surface area contributed by atoms with Gasteiger partial charge in [0.25, 0.3) is 0 Å². The lowest BCUT2D eigenvalue weighted by Gasteiger charge is -2.25. The van der Waals surface area contributed by atoms with Crippen molar-refractivity contribution in [3.63, 3.8) is 0 Å². The fraction of sp³-hybridized carbons (Fsp3) is 0.294. The Balaban J connectivity index is 1.74. The lowest BCUT2D eigenvalue weighted by molar-refractivity contribution is 0.455. The lowest BCUT2D eigenvalue weighted by Crippen LogP contribution is -2.29. The van der Waals surface area contributed by atoms with Crippen molar-refractivity contribution >= 4 is 28.6 Å². The van der Waals surface area contributed by atoms with Crippen molar-refractivity contribution in [3.8, 4) is 5.88 Å². The van der Waals surface area contributed by atoms with E-state index in [1.807, 2.05) is 36.6 Å². The third-order valence-corrected chi connectivity index (χ3v) is 5.14. The van der Waals surface area contributed by atoms with E-state index in [0.29, 0.717) is 0 Å². The standard InChI is InChI=1S/C17H17N3OS/c21-16-14(22-17(19-16)20-9-2-1-3-10-20)11-13-6-4-5-12-7-8-18-15(12)13/h4-8,11,21H,1-3,9-10H2. The minimum Gasteiger partial charge on any atom is -0.492 e. The Hall–Kier alpha value is -2.14. The molecule has 1 aromatic carbocycles. The Morgan fingerprint density at radius 1 is 1.18 bits per heavy atom. The van der Waals surface area contributed by atoms with E-state index in [9.17, 15) is 5.11 Å². The lowest BCUT2D eigenvalue weighted by atomic mass is 10.1. The van der Waals surface area contributed by atoms with Gasteiger partial charge >= 0.3 is 0 Å². The molecule has 0 bridgehead atoms. The Bertz CT molecular complexity index is 847. The summed E-state index contributed by atoms with van der Waals surface area (Å²) in [7, 11) is 0. The molecule has 5 heteroatoms. The van der Waals surface area contributed by atoms with Gasteiger partial charge in [-0.25, -0.2) is 0 Å². The molecule has 4 rings (SSSR count). The zero-order chi connectivity index (χ0) is 14.9. The van der Waals surface area contributed by atoms with Crippen LogP contribution in [-0.2, 0) is 0 Å². The van der Waals surface area contributed by atoms with Gasteiger partial charge in [-0.2, -0.15) is 4.98 Å². The van der Waals surface area contributed by atoms with Crippen LogP contribution in [0.3, 0.4) is 0 Å². The molecule has 0 unspecified atom stereocenters. The molecule has 0 radical (unpaired) electrons. The van der Waals surface area contributed by atoms with E-state index >= 15 is 0 Å². The van der Waals surface area contributed by atoms with Gasteiger partial charge in [0.2, 0.25) is 5.88 Å². The smallest absolute Gasteiger partial charge is 0.231 e. The number of thiazole rings is 1. The largest absolute Gasteiger partial charge is 0.492 e. The predicted octanol–water partition coefficient (Wildman–Crippen LogP) is 2.27. The summed E-state index contributed by atoms with van der Waals surface area (Å²) in [6.07, 6.45) is 9.49. The van der Waals surface area contributed by atoms with Gasteiger partial charge in [0.15, 0.2) is 5.13 Å². The number of aromatic nitrogens is 1. The van der Waals surface area contributed by atoms with Crippen LogP contribution in [0.15, 0.2) is 29.4 Å². The van der Waals surface area contributed by atoms with Crippen molar-refractivity contribution in [2.24, 2.45) is 4.99 Å². The number of hydrogen-bond donors (Lipinski definition) is 1.